The quantitative estimate of drug-likeness (QED) is 0.656. The number of aryl methyl sites for hydroxylation is 1. The molecule has 4 rings (SSSR count). The van der Waals surface area contributed by atoms with E-state index in [2.05, 4.69) is 25.6 Å². The van der Waals surface area contributed by atoms with Crippen LogP contribution in [0.15, 0.2) is 18.2 Å². The molecule has 3 N–H and O–H groups in total. The average Bonchev–Trinajstić information content (AvgIpc) is 3.25. The van der Waals surface area contributed by atoms with Gasteiger partial charge in [-0.3, -0.25) is 10.1 Å². The first kappa shape index (κ1) is 17.0. The third-order valence-electron chi connectivity index (χ3n) is 4.59. The predicted octanol–water partition coefficient (Wildman–Crippen LogP) is 3.06. The molecule has 1 atom stereocenters. The molecule has 1 aliphatic heterocycles. The molecule has 3 aromatic rings. The number of aromatic nitrogens is 3. The van der Waals surface area contributed by atoms with Crippen molar-refractivity contribution in [1.82, 2.24) is 20.3 Å². The lowest BCUT2D eigenvalue weighted by molar-refractivity contribution is 0.102. The van der Waals surface area contributed by atoms with Gasteiger partial charge in [0, 0.05) is 12.5 Å². The molecular weight excluding hydrogens is 350 g/mol. The number of ether oxygens (including phenoxy) is 1. The lowest BCUT2D eigenvalue weighted by atomic mass is 10.0. The van der Waals surface area contributed by atoms with Crippen LogP contribution in [0.5, 0.6) is 5.75 Å². The Balaban J connectivity index is 1.56. The third kappa shape index (κ3) is 3.17. The molecule has 26 heavy (non-hydrogen) atoms. The summed E-state index contributed by atoms with van der Waals surface area (Å²) in [5, 5.41) is 7.28. The number of benzene rings is 1. The molecule has 2 aromatic heterocycles. The zero-order chi connectivity index (χ0) is 18.1. The monoisotopic (exact) mass is 371 g/mol. The first-order chi connectivity index (χ1) is 12.7. The van der Waals surface area contributed by atoms with E-state index in [4.69, 9.17) is 4.74 Å². The standard InChI is InChI=1S/C18H21N5O2S/c1-10-15(26-17(20-10)11-5-4-8-19-9-11)16(24)23-18-21-12-6-3-7-13(25-2)14(12)22-18/h3,6-7,11,19H,4-5,8-9H2,1-2H3,(H2,21,22,23,24). The summed E-state index contributed by atoms with van der Waals surface area (Å²) in [5.41, 5.74) is 2.27. The van der Waals surface area contributed by atoms with Crippen molar-refractivity contribution >= 4 is 34.2 Å². The third-order valence-corrected chi connectivity index (χ3v) is 5.91. The summed E-state index contributed by atoms with van der Waals surface area (Å²) in [7, 11) is 1.60. The SMILES string of the molecule is COc1cccc2[nH]c(NC(=O)c3sc(C4CCCNC4)nc3C)nc12. The number of thiazole rings is 1. The summed E-state index contributed by atoms with van der Waals surface area (Å²) in [6.45, 7) is 3.87. The van der Waals surface area contributed by atoms with Gasteiger partial charge in [0.1, 0.15) is 16.1 Å². The number of carbonyl (C=O) groups excluding carboxylic acids is 1. The molecule has 0 saturated carbocycles. The van der Waals surface area contributed by atoms with Gasteiger partial charge in [0.15, 0.2) is 0 Å². The Labute approximate surface area is 155 Å². The highest BCUT2D eigenvalue weighted by atomic mass is 32.1. The van der Waals surface area contributed by atoms with E-state index in [1.807, 2.05) is 25.1 Å². The highest BCUT2D eigenvalue weighted by molar-refractivity contribution is 7.14. The van der Waals surface area contributed by atoms with Crippen molar-refractivity contribution in [3.63, 3.8) is 0 Å². The van der Waals surface area contributed by atoms with E-state index in [-0.39, 0.29) is 5.91 Å². The topological polar surface area (TPSA) is 91.9 Å². The molecule has 3 heterocycles. The first-order valence-corrected chi connectivity index (χ1v) is 9.49. The Bertz CT molecular complexity index is 942. The van der Waals surface area contributed by atoms with E-state index < -0.39 is 0 Å². The minimum Gasteiger partial charge on any atom is -0.494 e. The number of fused-ring (bicyclic) bond motifs is 1. The molecular formula is C18H21N5O2S. The summed E-state index contributed by atoms with van der Waals surface area (Å²) in [4.78, 5) is 25.5. The molecule has 0 aliphatic carbocycles. The van der Waals surface area contributed by atoms with Crippen LogP contribution in [0.25, 0.3) is 11.0 Å². The van der Waals surface area contributed by atoms with Gasteiger partial charge in [0.05, 0.1) is 23.3 Å². The van der Waals surface area contributed by atoms with Crippen LogP contribution >= 0.6 is 11.3 Å². The summed E-state index contributed by atoms with van der Waals surface area (Å²) < 4.78 is 5.31. The normalized spacial score (nSPS) is 17.4. The maximum absolute atomic E-state index is 12.7. The number of para-hydroxylation sites is 1. The number of nitrogens with one attached hydrogen (secondary N) is 3. The predicted molar refractivity (Wildman–Crippen MR) is 102 cm³/mol. The fraction of sp³-hybridized carbons (Fsp3) is 0.389. The molecule has 1 aliphatic rings. The highest BCUT2D eigenvalue weighted by Crippen LogP contribution is 2.30. The number of amides is 1. The average molecular weight is 371 g/mol. The largest absolute Gasteiger partial charge is 0.494 e. The highest BCUT2D eigenvalue weighted by Gasteiger charge is 2.23. The molecule has 1 aromatic carbocycles. The van der Waals surface area contributed by atoms with Gasteiger partial charge in [-0.05, 0) is 38.4 Å². The van der Waals surface area contributed by atoms with Gasteiger partial charge in [-0.1, -0.05) is 6.07 Å². The van der Waals surface area contributed by atoms with E-state index in [0.29, 0.717) is 28.0 Å². The number of carbonyl (C=O) groups is 1. The molecule has 1 unspecified atom stereocenters. The van der Waals surface area contributed by atoms with Gasteiger partial charge >= 0.3 is 0 Å². The van der Waals surface area contributed by atoms with Crippen molar-refractivity contribution in [3.05, 3.63) is 33.8 Å². The van der Waals surface area contributed by atoms with Gasteiger partial charge in [0.25, 0.3) is 5.91 Å². The van der Waals surface area contributed by atoms with Crippen LogP contribution in [0, 0.1) is 6.92 Å². The van der Waals surface area contributed by atoms with Crippen LogP contribution in [0.3, 0.4) is 0 Å². The number of hydrogen-bond acceptors (Lipinski definition) is 6. The number of piperidine rings is 1. The van der Waals surface area contributed by atoms with E-state index in [0.717, 1.165) is 42.1 Å². The lowest BCUT2D eigenvalue weighted by Gasteiger charge is -2.20. The van der Waals surface area contributed by atoms with E-state index in [9.17, 15) is 4.79 Å². The smallest absolute Gasteiger partial charge is 0.269 e. The van der Waals surface area contributed by atoms with Gasteiger partial charge in [-0.2, -0.15) is 0 Å². The van der Waals surface area contributed by atoms with Gasteiger partial charge in [-0.15, -0.1) is 11.3 Å². The second-order valence-electron chi connectivity index (χ2n) is 6.41. The molecule has 1 saturated heterocycles. The zero-order valence-electron chi connectivity index (χ0n) is 14.8. The van der Waals surface area contributed by atoms with Crippen LogP contribution in [0.4, 0.5) is 5.95 Å². The van der Waals surface area contributed by atoms with Gasteiger partial charge in [0.2, 0.25) is 5.95 Å². The van der Waals surface area contributed by atoms with Crippen molar-refractivity contribution in [1.29, 1.82) is 0 Å². The Hall–Kier alpha value is -2.45. The first-order valence-electron chi connectivity index (χ1n) is 8.68. The molecule has 8 heteroatoms. The molecule has 136 valence electrons. The van der Waals surface area contributed by atoms with E-state index in [1.54, 1.807) is 7.11 Å². The number of hydrogen-bond donors (Lipinski definition) is 3. The fourth-order valence-corrected chi connectivity index (χ4v) is 4.36. The number of imidazole rings is 1. The van der Waals surface area contributed by atoms with Crippen LogP contribution in [0.2, 0.25) is 0 Å². The van der Waals surface area contributed by atoms with Crippen molar-refractivity contribution < 1.29 is 9.53 Å². The molecule has 0 spiro atoms. The summed E-state index contributed by atoms with van der Waals surface area (Å²) in [6.07, 6.45) is 2.26. The summed E-state index contributed by atoms with van der Waals surface area (Å²) in [6, 6.07) is 5.61. The zero-order valence-corrected chi connectivity index (χ0v) is 15.6. The summed E-state index contributed by atoms with van der Waals surface area (Å²) in [5.74, 6) is 1.28. The Morgan fingerprint density at radius 2 is 2.27 bits per heavy atom. The second-order valence-corrected chi connectivity index (χ2v) is 7.44. The number of nitrogens with zero attached hydrogens (tertiary/aromatic N) is 2. The number of anilines is 1. The van der Waals surface area contributed by atoms with Crippen LogP contribution in [-0.2, 0) is 0 Å². The number of aromatic amines is 1. The Morgan fingerprint density at radius 1 is 1.38 bits per heavy atom. The number of rotatable bonds is 4. The van der Waals surface area contributed by atoms with E-state index in [1.165, 1.54) is 11.3 Å². The minimum atomic E-state index is -0.187. The second kappa shape index (κ2) is 7.05. The van der Waals surface area contributed by atoms with Crippen molar-refractivity contribution in [2.45, 2.75) is 25.7 Å². The maximum Gasteiger partial charge on any atom is 0.269 e. The Kier molecular flexibility index (Phi) is 4.60. The van der Waals surface area contributed by atoms with E-state index >= 15 is 0 Å². The molecule has 1 amide bonds. The van der Waals surface area contributed by atoms with Gasteiger partial charge in [-0.25, -0.2) is 9.97 Å². The van der Waals surface area contributed by atoms with Crippen LogP contribution in [-0.4, -0.2) is 41.1 Å². The van der Waals surface area contributed by atoms with Crippen LogP contribution in [0.1, 0.15) is 39.1 Å². The molecule has 7 nitrogen and oxygen atoms in total. The van der Waals surface area contributed by atoms with Gasteiger partial charge < -0.3 is 15.0 Å². The van der Waals surface area contributed by atoms with Crippen LogP contribution < -0.4 is 15.4 Å². The molecule has 0 radical (unpaired) electrons. The number of H-pyrrole nitrogens is 1. The molecule has 0 bridgehead atoms. The van der Waals surface area contributed by atoms with Crippen molar-refractivity contribution in [3.8, 4) is 5.75 Å². The maximum atomic E-state index is 12.7. The lowest BCUT2D eigenvalue weighted by Crippen LogP contribution is -2.28. The van der Waals surface area contributed by atoms with Crippen molar-refractivity contribution in [2.24, 2.45) is 0 Å². The minimum absolute atomic E-state index is 0.187. The number of methoxy groups -OCH3 is 1. The van der Waals surface area contributed by atoms with Crippen molar-refractivity contribution in [2.75, 3.05) is 25.5 Å². The Morgan fingerprint density at radius 3 is 3.04 bits per heavy atom. The fourth-order valence-electron chi connectivity index (χ4n) is 3.26. The summed E-state index contributed by atoms with van der Waals surface area (Å²) >= 11 is 1.48. The molecule has 1 fully saturated rings.